The van der Waals surface area contributed by atoms with Gasteiger partial charge in [0.1, 0.15) is 5.60 Å². The van der Waals surface area contributed by atoms with Crippen LogP contribution in [0, 0.1) is 46.3 Å². The second-order valence-corrected chi connectivity index (χ2v) is 13.5. The van der Waals surface area contributed by atoms with E-state index in [1.807, 2.05) is 0 Å². The molecular weight excluding hydrogens is 396 g/mol. The van der Waals surface area contributed by atoms with Gasteiger partial charge in [-0.2, -0.15) is 0 Å². The maximum absolute atomic E-state index is 11.0. The molecule has 32 heavy (non-hydrogen) atoms. The molecule has 0 bridgehead atoms. The van der Waals surface area contributed by atoms with Crippen molar-refractivity contribution in [2.75, 3.05) is 0 Å². The Bertz CT molecular complexity index is 749. The van der Waals surface area contributed by atoms with E-state index in [0.717, 1.165) is 55.8 Å². The molecule has 182 valence electrons. The van der Waals surface area contributed by atoms with Crippen LogP contribution in [0.1, 0.15) is 98.8 Å². The highest BCUT2D eigenvalue weighted by Gasteiger charge is 2.76. The van der Waals surface area contributed by atoms with E-state index in [0.29, 0.717) is 17.4 Å². The molecule has 7 unspecified atom stereocenters. The van der Waals surface area contributed by atoms with Gasteiger partial charge in [0, 0.05) is 11.8 Å². The summed E-state index contributed by atoms with van der Waals surface area (Å²) in [5.41, 5.74) is -0.0372. The van der Waals surface area contributed by atoms with Crippen molar-refractivity contribution in [3.05, 3.63) is 12.7 Å². The Labute approximate surface area is 196 Å². The van der Waals surface area contributed by atoms with Crippen LogP contribution in [-0.2, 0) is 4.74 Å². The highest BCUT2D eigenvalue weighted by Crippen LogP contribution is 2.74. The molecule has 4 saturated carbocycles. The van der Waals surface area contributed by atoms with Gasteiger partial charge in [-0.3, -0.25) is 0 Å². The zero-order chi connectivity index (χ0) is 23.1. The molecule has 1 aliphatic heterocycles. The van der Waals surface area contributed by atoms with Crippen LogP contribution in [0.25, 0.3) is 0 Å². The first kappa shape index (κ1) is 23.4. The number of epoxide rings is 1. The minimum absolute atomic E-state index is 0.00311. The molecule has 0 aromatic carbocycles. The quantitative estimate of drug-likeness (QED) is 0.383. The summed E-state index contributed by atoms with van der Waals surface area (Å²) in [6.07, 6.45) is 13.6. The van der Waals surface area contributed by atoms with Crippen molar-refractivity contribution in [3.63, 3.8) is 0 Å². The molecule has 1 spiro atoms. The van der Waals surface area contributed by atoms with Gasteiger partial charge in [-0.15, -0.1) is 6.58 Å². The number of aliphatic hydroxyl groups is 2. The third-order valence-corrected chi connectivity index (χ3v) is 12.2. The maximum atomic E-state index is 11.0. The first-order valence-corrected chi connectivity index (χ1v) is 13.7. The first-order valence-electron chi connectivity index (χ1n) is 13.7. The van der Waals surface area contributed by atoms with E-state index >= 15 is 0 Å². The largest absolute Gasteiger partial charge is 0.393 e. The van der Waals surface area contributed by atoms with Crippen LogP contribution >= 0.6 is 0 Å². The van der Waals surface area contributed by atoms with Gasteiger partial charge in [-0.25, -0.2) is 0 Å². The molecule has 11 atom stereocenters. The zero-order valence-electron chi connectivity index (χ0n) is 21.3. The summed E-state index contributed by atoms with van der Waals surface area (Å²) >= 11 is 0. The number of fused-ring (bicyclic) bond motifs is 4. The van der Waals surface area contributed by atoms with Crippen molar-refractivity contribution in [1.29, 1.82) is 0 Å². The Kier molecular flexibility index (Phi) is 5.52. The normalized spacial score (nSPS) is 52.2. The van der Waals surface area contributed by atoms with Gasteiger partial charge in [0.25, 0.3) is 0 Å². The van der Waals surface area contributed by atoms with E-state index in [1.165, 1.54) is 32.1 Å². The summed E-state index contributed by atoms with van der Waals surface area (Å²) in [5.74, 6) is 4.02. The third kappa shape index (κ3) is 3.09. The lowest BCUT2D eigenvalue weighted by atomic mass is 9.44. The molecule has 4 aliphatic carbocycles. The van der Waals surface area contributed by atoms with Crippen molar-refractivity contribution in [2.45, 2.75) is 122 Å². The van der Waals surface area contributed by atoms with Gasteiger partial charge < -0.3 is 14.9 Å². The van der Waals surface area contributed by atoms with Crippen molar-refractivity contribution in [1.82, 2.24) is 0 Å². The highest BCUT2D eigenvalue weighted by atomic mass is 16.6. The lowest BCUT2D eigenvalue weighted by Gasteiger charge is -2.59. The standard InChI is InChI=1S/C29H48O3/c1-7-28(31,18(2)3)15-10-19(4)22-8-9-23-21-16-25-29(32-25)17-20(30)11-14-27(29,6)24(21)12-13-26(22,23)5/h7,18-25,30-31H,1,8-17H2,2-6H3/t19-,20+,21?,22?,23?,24?,25?,26-,27-,28?,29?/m1/s1. The number of ether oxygens (including phenoxy) is 1. The molecule has 0 amide bonds. The first-order chi connectivity index (χ1) is 15.0. The average Bonchev–Trinajstić information content (AvgIpc) is 3.32. The number of hydrogen-bond acceptors (Lipinski definition) is 3. The smallest absolute Gasteiger partial charge is 0.103 e. The minimum atomic E-state index is -0.735. The average molecular weight is 445 g/mol. The summed E-state index contributed by atoms with van der Waals surface area (Å²) in [7, 11) is 0. The van der Waals surface area contributed by atoms with E-state index in [1.54, 1.807) is 6.08 Å². The van der Waals surface area contributed by atoms with Crippen molar-refractivity contribution < 1.29 is 14.9 Å². The van der Waals surface area contributed by atoms with Gasteiger partial charge in [0.15, 0.2) is 0 Å². The molecule has 0 aromatic heterocycles. The molecular formula is C29H48O3. The van der Waals surface area contributed by atoms with Gasteiger partial charge in [0.05, 0.1) is 17.8 Å². The van der Waals surface area contributed by atoms with E-state index < -0.39 is 5.60 Å². The molecule has 5 fully saturated rings. The minimum Gasteiger partial charge on any atom is -0.393 e. The summed E-state index contributed by atoms with van der Waals surface area (Å²) in [6.45, 7) is 15.7. The lowest BCUT2D eigenvalue weighted by Crippen LogP contribution is -2.58. The van der Waals surface area contributed by atoms with Gasteiger partial charge in [-0.05, 0) is 98.7 Å². The highest BCUT2D eigenvalue weighted by molar-refractivity contribution is 5.24. The van der Waals surface area contributed by atoms with Crippen LogP contribution in [0.3, 0.4) is 0 Å². The molecule has 5 rings (SSSR count). The summed E-state index contributed by atoms with van der Waals surface area (Å²) in [5, 5.41) is 21.4. The molecule has 3 nitrogen and oxygen atoms in total. The molecule has 2 N–H and O–H groups in total. The van der Waals surface area contributed by atoms with Crippen LogP contribution in [-0.4, -0.2) is 33.6 Å². The molecule has 1 heterocycles. The number of hydrogen-bond donors (Lipinski definition) is 2. The molecule has 1 saturated heterocycles. The van der Waals surface area contributed by atoms with Crippen LogP contribution < -0.4 is 0 Å². The predicted octanol–water partition coefficient (Wildman–Crippen LogP) is 6.13. The molecule has 3 heteroatoms. The predicted molar refractivity (Wildman–Crippen MR) is 129 cm³/mol. The summed E-state index contributed by atoms with van der Waals surface area (Å²) in [4.78, 5) is 0. The van der Waals surface area contributed by atoms with Gasteiger partial charge in [0.2, 0.25) is 0 Å². The fourth-order valence-electron chi connectivity index (χ4n) is 9.92. The van der Waals surface area contributed by atoms with E-state index in [2.05, 4.69) is 41.2 Å². The van der Waals surface area contributed by atoms with Crippen LogP contribution in [0.5, 0.6) is 0 Å². The SMILES string of the molecule is C=CC(O)(CC[C@@H](C)C1CCC2C3CC4OC45C[C@@H](O)CC[C@]5(C)C3CC[C@@]21C)C(C)C. The fraction of sp³-hybridized carbons (Fsp3) is 0.931. The second kappa shape index (κ2) is 7.56. The van der Waals surface area contributed by atoms with Crippen molar-refractivity contribution in [2.24, 2.45) is 46.3 Å². The Morgan fingerprint density at radius 1 is 1.09 bits per heavy atom. The van der Waals surface area contributed by atoms with Crippen molar-refractivity contribution in [3.8, 4) is 0 Å². The summed E-state index contributed by atoms with van der Waals surface area (Å²) < 4.78 is 6.50. The zero-order valence-corrected chi connectivity index (χ0v) is 21.3. The van der Waals surface area contributed by atoms with E-state index in [9.17, 15) is 10.2 Å². The van der Waals surface area contributed by atoms with Gasteiger partial charge in [-0.1, -0.05) is 40.7 Å². The molecule has 5 aliphatic rings. The summed E-state index contributed by atoms with van der Waals surface area (Å²) in [6, 6.07) is 0. The Hall–Kier alpha value is -0.380. The Morgan fingerprint density at radius 3 is 2.53 bits per heavy atom. The molecule has 0 radical (unpaired) electrons. The van der Waals surface area contributed by atoms with Crippen molar-refractivity contribution >= 4 is 0 Å². The Balaban J connectivity index is 1.32. The molecule has 0 aromatic rings. The topological polar surface area (TPSA) is 53.0 Å². The fourth-order valence-corrected chi connectivity index (χ4v) is 9.92. The lowest BCUT2D eigenvalue weighted by molar-refractivity contribution is -0.117. The number of rotatable bonds is 6. The second-order valence-electron chi connectivity index (χ2n) is 13.5. The Morgan fingerprint density at radius 2 is 1.84 bits per heavy atom. The van der Waals surface area contributed by atoms with Crippen LogP contribution in [0.4, 0.5) is 0 Å². The maximum Gasteiger partial charge on any atom is 0.103 e. The number of aliphatic hydroxyl groups excluding tert-OH is 1. The monoisotopic (exact) mass is 444 g/mol. The van der Waals surface area contributed by atoms with Crippen LogP contribution in [0.2, 0.25) is 0 Å². The van der Waals surface area contributed by atoms with E-state index in [-0.39, 0.29) is 23.0 Å². The van der Waals surface area contributed by atoms with Crippen LogP contribution in [0.15, 0.2) is 12.7 Å². The van der Waals surface area contributed by atoms with E-state index in [4.69, 9.17) is 4.74 Å². The third-order valence-electron chi connectivity index (χ3n) is 12.2. The van der Waals surface area contributed by atoms with Gasteiger partial charge >= 0.3 is 0 Å².